The van der Waals surface area contributed by atoms with Crippen molar-refractivity contribution in [3.05, 3.63) is 0 Å². The van der Waals surface area contributed by atoms with E-state index in [1.807, 2.05) is 0 Å². The predicted molar refractivity (Wildman–Crippen MR) is 113 cm³/mol. The molecule has 0 aromatic rings. The fourth-order valence-corrected chi connectivity index (χ4v) is 5.93. The monoisotopic (exact) mass is 388 g/mol. The van der Waals surface area contributed by atoms with Gasteiger partial charge in [-0.3, -0.25) is 15.1 Å². The van der Waals surface area contributed by atoms with Crippen LogP contribution in [0.1, 0.15) is 89.9 Å². The van der Waals surface area contributed by atoms with Gasteiger partial charge in [-0.2, -0.15) is 0 Å². The fourth-order valence-electron chi connectivity index (χ4n) is 5.93. The van der Waals surface area contributed by atoms with Gasteiger partial charge in [0.05, 0.1) is 0 Å². The van der Waals surface area contributed by atoms with E-state index in [0.717, 1.165) is 31.1 Å². The van der Waals surface area contributed by atoms with E-state index in [2.05, 4.69) is 10.6 Å². The minimum atomic E-state index is -0.521. The number of likely N-dealkylation sites (N-methyl/N-ethyl adjacent to an activating group) is 1. The van der Waals surface area contributed by atoms with Crippen LogP contribution in [-0.2, 0) is 4.79 Å². The van der Waals surface area contributed by atoms with Crippen LogP contribution in [0.4, 0.5) is 0 Å². The lowest BCUT2D eigenvalue weighted by Crippen LogP contribution is -2.50. The molecule has 0 radical (unpaired) electrons. The Morgan fingerprint density at radius 1 is 1.04 bits per heavy atom. The van der Waals surface area contributed by atoms with E-state index in [0.29, 0.717) is 17.9 Å². The molecule has 3 atom stereocenters. The summed E-state index contributed by atoms with van der Waals surface area (Å²) in [6.45, 7) is 1.19. The smallest absolute Gasteiger partial charge is 0.254 e. The van der Waals surface area contributed by atoms with Crippen molar-refractivity contribution in [3.63, 3.8) is 0 Å². The van der Waals surface area contributed by atoms with E-state index in [4.69, 9.17) is 5.41 Å². The van der Waals surface area contributed by atoms with Crippen LogP contribution >= 0.6 is 0 Å². The van der Waals surface area contributed by atoms with Gasteiger partial charge in [0.1, 0.15) is 5.54 Å². The third-order valence-corrected chi connectivity index (χ3v) is 7.92. The van der Waals surface area contributed by atoms with Crippen molar-refractivity contribution in [2.45, 2.75) is 101 Å². The van der Waals surface area contributed by atoms with Gasteiger partial charge in [0, 0.05) is 13.1 Å². The first kappa shape index (κ1) is 20.2. The molecule has 0 unspecified atom stereocenters. The summed E-state index contributed by atoms with van der Waals surface area (Å²) in [4.78, 5) is 14.7. The zero-order chi connectivity index (χ0) is 19.6. The van der Waals surface area contributed by atoms with Crippen LogP contribution in [0.2, 0.25) is 0 Å². The van der Waals surface area contributed by atoms with Crippen molar-refractivity contribution in [1.82, 2.24) is 15.5 Å². The van der Waals surface area contributed by atoms with E-state index in [-0.39, 0.29) is 5.91 Å². The predicted octanol–water partition coefficient (Wildman–Crippen LogP) is 4.03. The number of guanidine groups is 1. The molecular weight excluding hydrogens is 348 g/mol. The molecule has 4 fully saturated rings. The van der Waals surface area contributed by atoms with Crippen molar-refractivity contribution < 1.29 is 4.79 Å². The average Bonchev–Trinajstić information content (AvgIpc) is 3.52. The highest BCUT2D eigenvalue weighted by molar-refractivity contribution is 6.07. The maximum Gasteiger partial charge on any atom is 0.254 e. The van der Waals surface area contributed by atoms with Gasteiger partial charge in [-0.1, -0.05) is 44.9 Å². The van der Waals surface area contributed by atoms with Gasteiger partial charge in [0.2, 0.25) is 0 Å². The largest absolute Gasteiger partial charge is 0.342 e. The molecule has 0 spiro atoms. The topological polar surface area (TPSA) is 68.2 Å². The van der Waals surface area contributed by atoms with Gasteiger partial charge < -0.3 is 10.6 Å². The lowest BCUT2D eigenvalue weighted by Gasteiger charge is -2.37. The second-order valence-electron chi connectivity index (χ2n) is 10.2. The van der Waals surface area contributed by atoms with Crippen LogP contribution < -0.4 is 10.6 Å². The quantitative estimate of drug-likeness (QED) is 0.588. The molecule has 158 valence electrons. The molecule has 3 N–H and O–H groups in total. The van der Waals surface area contributed by atoms with Gasteiger partial charge in [-0.05, 0) is 69.2 Å². The first-order valence-electron chi connectivity index (χ1n) is 11.9. The van der Waals surface area contributed by atoms with Crippen molar-refractivity contribution in [1.29, 1.82) is 5.41 Å². The van der Waals surface area contributed by atoms with E-state index in [1.54, 1.807) is 11.9 Å². The summed E-state index contributed by atoms with van der Waals surface area (Å²) in [5.41, 5.74) is -0.521. The van der Waals surface area contributed by atoms with Crippen LogP contribution in [0.25, 0.3) is 0 Å². The summed E-state index contributed by atoms with van der Waals surface area (Å²) >= 11 is 0. The number of hydrogen-bond donors (Lipinski definition) is 3. The first-order chi connectivity index (χ1) is 13.6. The summed E-state index contributed by atoms with van der Waals surface area (Å²) in [7, 11) is 1.76. The van der Waals surface area contributed by atoms with Gasteiger partial charge in [-0.15, -0.1) is 0 Å². The maximum atomic E-state index is 13.2. The van der Waals surface area contributed by atoms with Crippen LogP contribution in [0.15, 0.2) is 0 Å². The molecule has 0 bridgehead atoms. The highest BCUT2D eigenvalue weighted by atomic mass is 16.2. The molecule has 1 heterocycles. The Labute approximate surface area is 170 Å². The zero-order valence-electron chi connectivity index (χ0n) is 17.8. The normalized spacial score (nSPS) is 34.7. The second-order valence-corrected chi connectivity index (χ2v) is 10.2. The Balaban J connectivity index is 1.38. The highest BCUT2D eigenvalue weighted by Gasteiger charge is 2.49. The van der Waals surface area contributed by atoms with Gasteiger partial charge in [0.25, 0.3) is 5.91 Å². The summed E-state index contributed by atoms with van der Waals surface area (Å²) < 4.78 is 0. The van der Waals surface area contributed by atoms with Gasteiger partial charge >= 0.3 is 0 Å². The molecule has 5 heteroatoms. The molecule has 1 aliphatic heterocycles. The average molecular weight is 389 g/mol. The van der Waals surface area contributed by atoms with E-state index >= 15 is 0 Å². The molecular formula is C23H40N4O. The van der Waals surface area contributed by atoms with Gasteiger partial charge in [-0.25, -0.2) is 0 Å². The SMILES string of the molecule is CN1C(=N)N[C@](CCC2CCCCC2)(C[C@H]2CCC[C@@H](NCC3CC3)C2)C1=O. The minimum absolute atomic E-state index is 0.140. The third-order valence-electron chi connectivity index (χ3n) is 7.92. The van der Waals surface area contributed by atoms with Crippen molar-refractivity contribution in [2.24, 2.45) is 17.8 Å². The Kier molecular flexibility index (Phi) is 6.29. The maximum absolute atomic E-state index is 13.2. The molecule has 4 aliphatic rings. The van der Waals surface area contributed by atoms with Crippen LogP contribution in [-0.4, -0.2) is 41.9 Å². The molecule has 4 rings (SSSR count). The number of carbonyl (C=O) groups excluding carboxylic acids is 1. The Morgan fingerprint density at radius 2 is 1.79 bits per heavy atom. The van der Waals surface area contributed by atoms with Crippen molar-refractivity contribution in [3.8, 4) is 0 Å². The van der Waals surface area contributed by atoms with Crippen molar-refractivity contribution in [2.75, 3.05) is 13.6 Å². The summed E-state index contributed by atoms with van der Waals surface area (Å²) in [5.74, 6) is 2.73. The third kappa shape index (κ3) is 4.72. The number of nitrogens with zero attached hydrogens (tertiary/aromatic N) is 1. The van der Waals surface area contributed by atoms with Crippen LogP contribution in [0.5, 0.6) is 0 Å². The Bertz CT molecular complexity index is 569. The highest BCUT2D eigenvalue weighted by Crippen LogP contribution is 2.38. The lowest BCUT2D eigenvalue weighted by atomic mass is 9.74. The number of rotatable bonds is 8. The molecule has 0 aromatic carbocycles. The van der Waals surface area contributed by atoms with Crippen LogP contribution in [0.3, 0.4) is 0 Å². The van der Waals surface area contributed by atoms with Crippen LogP contribution in [0, 0.1) is 23.2 Å². The summed E-state index contributed by atoms with van der Waals surface area (Å²) in [6, 6.07) is 0.628. The number of carbonyl (C=O) groups is 1. The molecule has 28 heavy (non-hydrogen) atoms. The zero-order valence-corrected chi connectivity index (χ0v) is 17.8. The van der Waals surface area contributed by atoms with E-state index in [9.17, 15) is 4.79 Å². The Hall–Kier alpha value is -1.10. The number of hydrogen-bond acceptors (Lipinski definition) is 3. The molecule has 3 saturated carbocycles. The molecule has 0 aromatic heterocycles. The second kappa shape index (κ2) is 8.73. The first-order valence-corrected chi connectivity index (χ1v) is 11.9. The van der Waals surface area contributed by atoms with Gasteiger partial charge in [0.15, 0.2) is 5.96 Å². The Morgan fingerprint density at radius 3 is 2.46 bits per heavy atom. The molecule has 3 aliphatic carbocycles. The van der Waals surface area contributed by atoms with E-state index < -0.39 is 5.54 Å². The molecule has 1 amide bonds. The fraction of sp³-hybridized carbons (Fsp3) is 0.913. The number of amides is 1. The summed E-state index contributed by atoms with van der Waals surface area (Å²) in [6.07, 6.45) is 17.5. The van der Waals surface area contributed by atoms with Crippen molar-refractivity contribution >= 4 is 11.9 Å². The standard InChI is InChI=1S/C23H40N4O/c1-27-21(28)23(26-22(27)24,13-12-17-6-3-2-4-7-17)15-19-8-5-9-20(14-19)25-16-18-10-11-18/h17-20,25H,2-16H2,1H3,(H2,24,26)/t19-,20+,23+/m0/s1. The van der Waals surface area contributed by atoms with E-state index in [1.165, 1.54) is 77.2 Å². The minimum Gasteiger partial charge on any atom is -0.342 e. The molecule has 5 nitrogen and oxygen atoms in total. The lowest BCUT2D eigenvalue weighted by molar-refractivity contribution is -0.131. The molecule has 1 saturated heterocycles. The number of nitrogens with one attached hydrogen (secondary N) is 3. The summed E-state index contributed by atoms with van der Waals surface area (Å²) in [5, 5.41) is 15.4.